The Bertz CT molecular complexity index is 453. The smallest absolute Gasteiger partial charge is 0.419 e. The minimum absolute atomic E-state index is 0.227. The van der Waals surface area contributed by atoms with Crippen molar-refractivity contribution in [3.63, 3.8) is 0 Å². The van der Waals surface area contributed by atoms with Gasteiger partial charge in [0.15, 0.2) is 0 Å². The second-order valence-electron chi connectivity index (χ2n) is 4.63. The molecule has 0 unspecified atom stereocenters. The minimum Gasteiger partial charge on any atom is -0.496 e. The molecule has 0 spiro atoms. The molecule has 0 aromatic heterocycles. The Balaban J connectivity index is 2.41. The summed E-state index contributed by atoms with van der Waals surface area (Å²) in [5, 5.41) is 9.25. The minimum atomic E-state index is -4.49. The van der Waals surface area contributed by atoms with E-state index in [2.05, 4.69) is 0 Å². The number of hydrogen-bond acceptors (Lipinski definition) is 3. The van der Waals surface area contributed by atoms with Crippen LogP contribution < -0.4 is 10.5 Å². The van der Waals surface area contributed by atoms with Crippen LogP contribution in [0, 0.1) is 0 Å². The Kier molecular flexibility index (Phi) is 3.03. The van der Waals surface area contributed by atoms with E-state index in [1.165, 1.54) is 19.2 Å². The van der Waals surface area contributed by atoms with Crippen molar-refractivity contribution < 1.29 is 23.0 Å². The first-order chi connectivity index (χ1) is 8.26. The molecule has 0 amide bonds. The molecule has 1 aromatic rings. The summed E-state index contributed by atoms with van der Waals surface area (Å²) >= 11 is 0. The second kappa shape index (κ2) is 4.13. The van der Waals surface area contributed by atoms with Crippen LogP contribution >= 0.6 is 0 Å². The fourth-order valence-electron chi connectivity index (χ4n) is 2.26. The largest absolute Gasteiger partial charge is 0.496 e. The Morgan fingerprint density at radius 1 is 1.39 bits per heavy atom. The van der Waals surface area contributed by atoms with Gasteiger partial charge in [-0.3, -0.25) is 0 Å². The summed E-state index contributed by atoms with van der Waals surface area (Å²) in [7, 11) is 1.19. The van der Waals surface area contributed by atoms with Crippen LogP contribution in [-0.4, -0.2) is 18.3 Å². The summed E-state index contributed by atoms with van der Waals surface area (Å²) in [5.41, 5.74) is 4.62. The van der Waals surface area contributed by atoms with Gasteiger partial charge in [-0.1, -0.05) is 6.07 Å². The van der Waals surface area contributed by atoms with Crippen LogP contribution in [0.1, 0.15) is 24.0 Å². The van der Waals surface area contributed by atoms with Crippen molar-refractivity contribution >= 4 is 0 Å². The van der Waals surface area contributed by atoms with Crippen molar-refractivity contribution in [2.75, 3.05) is 7.11 Å². The Labute approximate surface area is 102 Å². The van der Waals surface area contributed by atoms with Crippen molar-refractivity contribution in [1.82, 2.24) is 0 Å². The lowest BCUT2D eigenvalue weighted by Gasteiger charge is -2.43. The van der Waals surface area contributed by atoms with E-state index in [1.807, 2.05) is 0 Å². The van der Waals surface area contributed by atoms with Gasteiger partial charge in [-0.2, -0.15) is 13.2 Å². The van der Waals surface area contributed by atoms with Crippen LogP contribution in [0.3, 0.4) is 0 Å². The van der Waals surface area contributed by atoms with Crippen LogP contribution in [-0.2, 0) is 11.7 Å². The van der Waals surface area contributed by atoms with Gasteiger partial charge in [0.2, 0.25) is 0 Å². The number of aliphatic hydroxyl groups excluding tert-OH is 1. The lowest BCUT2D eigenvalue weighted by molar-refractivity contribution is -0.138. The van der Waals surface area contributed by atoms with E-state index < -0.39 is 23.4 Å². The standard InChI is InChI=1S/C12H14F3NO2/c1-18-10-3-2-7(4-9(10)12(13,14)15)11(16)5-8(17)6-11/h2-4,8,17H,5-6,16H2,1H3. The predicted molar refractivity (Wildman–Crippen MR) is 59.1 cm³/mol. The fraction of sp³-hybridized carbons (Fsp3) is 0.500. The Hall–Kier alpha value is -1.27. The maximum absolute atomic E-state index is 12.8. The Morgan fingerprint density at radius 3 is 2.44 bits per heavy atom. The summed E-state index contributed by atoms with van der Waals surface area (Å²) < 4.78 is 43.2. The molecule has 3 nitrogen and oxygen atoms in total. The zero-order valence-electron chi connectivity index (χ0n) is 9.79. The van der Waals surface area contributed by atoms with Crippen LogP contribution in [0.25, 0.3) is 0 Å². The SMILES string of the molecule is COc1ccc(C2(N)CC(O)C2)cc1C(F)(F)F. The lowest BCUT2D eigenvalue weighted by atomic mass is 9.70. The number of rotatable bonds is 2. The van der Waals surface area contributed by atoms with Gasteiger partial charge in [-0.15, -0.1) is 0 Å². The molecule has 1 aliphatic rings. The van der Waals surface area contributed by atoms with Crippen molar-refractivity contribution in [2.24, 2.45) is 5.73 Å². The zero-order valence-corrected chi connectivity index (χ0v) is 9.79. The molecule has 0 atom stereocenters. The summed E-state index contributed by atoms with van der Waals surface area (Å²) in [6.45, 7) is 0. The molecule has 1 aromatic carbocycles. The molecule has 0 bridgehead atoms. The van der Waals surface area contributed by atoms with E-state index in [1.54, 1.807) is 0 Å². The normalized spacial score (nSPS) is 27.8. The molecule has 0 heterocycles. The molecule has 1 saturated carbocycles. The molecule has 1 fully saturated rings. The number of nitrogens with two attached hydrogens (primary N) is 1. The van der Waals surface area contributed by atoms with Gasteiger partial charge in [0.25, 0.3) is 0 Å². The van der Waals surface area contributed by atoms with Gasteiger partial charge >= 0.3 is 6.18 Å². The number of benzene rings is 1. The lowest BCUT2D eigenvalue weighted by Crippen LogP contribution is -2.51. The monoisotopic (exact) mass is 261 g/mol. The van der Waals surface area contributed by atoms with Crippen LogP contribution in [0.5, 0.6) is 5.75 Å². The Morgan fingerprint density at radius 2 is 2.00 bits per heavy atom. The average Bonchev–Trinajstić information content (AvgIpc) is 2.25. The second-order valence-corrected chi connectivity index (χ2v) is 4.63. The highest BCUT2D eigenvalue weighted by atomic mass is 19.4. The van der Waals surface area contributed by atoms with E-state index in [-0.39, 0.29) is 18.6 Å². The van der Waals surface area contributed by atoms with Gasteiger partial charge in [0.05, 0.1) is 18.8 Å². The first kappa shape index (κ1) is 13.2. The number of methoxy groups -OCH3 is 1. The van der Waals surface area contributed by atoms with Gasteiger partial charge in [-0.05, 0) is 30.5 Å². The van der Waals surface area contributed by atoms with Gasteiger partial charge in [0, 0.05) is 5.54 Å². The summed E-state index contributed by atoms with van der Waals surface area (Å²) in [5.74, 6) is -0.227. The maximum atomic E-state index is 12.8. The van der Waals surface area contributed by atoms with Crippen molar-refractivity contribution in [1.29, 1.82) is 0 Å². The van der Waals surface area contributed by atoms with Crippen molar-refractivity contribution in [3.05, 3.63) is 29.3 Å². The highest BCUT2D eigenvalue weighted by molar-refractivity contribution is 5.42. The van der Waals surface area contributed by atoms with Crippen LogP contribution in [0.2, 0.25) is 0 Å². The number of ether oxygens (including phenoxy) is 1. The van der Waals surface area contributed by atoms with Gasteiger partial charge in [-0.25, -0.2) is 0 Å². The molecule has 6 heteroatoms. The predicted octanol–water partition coefficient (Wildman–Crippen LogP) is 2.02. The first-order valence-corrected chi connectivity index (χ1v) is 5.49. The molecule has 2 rings (SSSR count). The highest BCUT2D eigenvalue weighted by Crippen LogP contribution is 2.43. The quantitative estimate of drug-likeness (QED) is 0.856. The fourth-order valence-corrected chi connectivity index (χ4v) is 2.26. The molecule has 18 heavy (non-hydrogen) atoms. The van der Waals surface area contributed by atoms with E-state index in [4.69, 9.17) is 10.5 Å². The highest BCUT2D eigenvalue weighted by Gasteiger charge is 2.43. The molecule has 0 saturated heterocycles. The maximum Gasteiger partial charge on any atom is 0.419 e. The molecule has 100 valence electrons. The summed E-state index contributed by atoms with van der Waals surface area (Å²) in [6, 6.07) is 3.78. The molecule has 0 aliphatic heterocycles. The molecule has 3 N–H and O–H groups in total. The van der Waals surface area contributed by atoms with E-state index >= 15 is 0 Å². The van der Waals surface area contributed by atoms with Gasteiger partial charge < -0.3 is 15.6 Å². The molecular weight excluding hydrogens is 247 g/mol. The first-order valence-electron chi connectivity index (χ1n) is 5.49. The zero-order chi connectivity index (χ0) is 13.6. The van der Waals surface area contributed by atoms with Crippen LogP contribution in [0.15, 0.2) is 18.2 Å². The number of alkyl halides is 3. The molecule has 0 radical (unpaired) electrons. The third-order valence-corrected chi connectivity index (χ3v) is 3.28. The summed E-state index contributed by atoms with van der Waals surface area (Å²) in [6.07, 6.45) is -4.47. The van der Waals surface area contributed by atoms with Crippen LogP contribution in [0.4, 0.5) is 13.2 Å². The van der Waals surface area contributed by atoms with E-state index in [0.717, 1.165) is 6.07 Å². The number of aliphatic hydroxyl groups is 1. The van der Waals surface area contributed by atoms with E-state index in [0.29, 0.717) is 5.56 Å². The third-order valence-electron chi connectivity index (χ3n) is 3.28. The molecule has 1 aliphatic carbocycles. The summed E-state index contributed by atoms with van der Waals surface area (Å²) in [4.78, 5) is 0. The third kappa shape index (κ3) is 2.18. The topological polar surface area (TPSA) is 55.5 Å². The van der Waals surface area contributed by atoms with E-state index in [9.17, 15) is 18.3 Å². The van der Waals surface area contributed by atoms with Crippen molar-refractivity contribution in [3.8, 4) is 5.75 Å². The number of halogens is 3. The van der Waals surface area contributed by atoms with Gasteiger partial charge in [0.1, 0.15) is 5.75 Å². The average molecular weight is 261 g/mol. The van der Waals surface area contributed by atoms with Crippen molar-refractivity contribution in [2.45, 2.75) is 30.7 Å². The molecular formula is C12H14F3NO2. The number of hydrogen-bond donors (Lipinski definition) is 2.